The lowest BCUT2D eigenvalue weighted by atomic mass is 10.0. The summed E-state index contributed by atoms with van der Waals surface area (Å²) in [5.74, 6) is 0. The largest absolute Gasteiger partial charge is 0.394 e. The molecule has 5 N–H and O–H groups in total. The van der Waals surface area contributed by atoms with Crippen molar-refractivity contribution < 1.29 is 25.5 Å². The molecule has 0 heterocycles. The van der Waals surface area contributed by atoms with Gasteiger partial charge in [-0.25, -0.2) is 0 Å². The monoisotopic (exact) mass is 382 g/mol. The van der Waals surface area contributed by atoms with Gasteiger partial charge in [0.1, 0.15) is 24.4 Å². The molecule has 0 saturated carbocycles. The third-order valence-corrected chi connectivity index (χ3v) is 6.24. The second-order valence-electron chi connectivity index (χ2n) is 5.45. The van der Waals surface area contributed by atoms with Crippen LogP contribution < -0.4 is 0 Å². The first-order valence-corrected chi connectivity index (χ1v) is 9.55. The van der Waals surface area contributed by atoms with Crippen molar-refractivity contribution >= 4 is 23.5 Å². The number of rotatable bonds is 9. The van der Waals surface area contributed by atoms with Gasteiger partial charge in [0.05, 0.1) is 11.2 Å². The van der Waals surface area contributed by atoms with Crippen molar-refractivity contribution in [1.82, 2.24) is 0 Å². The molecule has 0 amide bonds. The fourth-order valence-electron chi connectivity index (χ4n) is 2.13. The van der Waals surface area contributed by atoms with E-state index in [9.17, 15) is 20.4 Å². The summed E-state index contributed by atoms with van der Waals surface area (Å²) in [4.78, 5) is 1.80. The third kappa shape index (κ3) is 6.00. The Morgan fingerprint density at radius 1 is 0.640 bits per heavy atom. The summed E-state index contributed by atoms with van der Waals surface area (Å²) in [6.07, 6.45) is -6.09. The van der Waals surface area contributed by atoms with Crippen LogP contribution >= 0.6 is 23.5 Å². The van der Waals surface area contributed by atoms with E-state index >= 15 is 0 Å². The lowest BCUT2D eigenvalue weighted by Crippen LogP contribution is -2.48. The van der Waals surface area contributed by atoms with E-state index in [1.807, 2.05) is 60.7 Å². The fourth-order valence-corrected chi connectivity index (χ4v) is 4.75. The van der Waals surface area contributed by atoms with Crippen LogP contribution in [0.1, 0.15) is 0 Å². The Morgan fingerprint density at radius 2 is 1.08 bits per heavy atom. The molecule has 7 heteroatoms. The molecule has 0 aromatic heterocycles. The second kappa shape index (κ2) is 10.2. The van der Waals surface area contributed by atoms with E-state index in [4.69, 9.17) is 5.11 Å². The molecule has 0 unspecified atom stereocenters. The van der Waals surface area contributed by atoms with Crippen LogP contribution in [0.3, 0.4) is 0 Å². The van der Waals surface area contributed by atoms with Gasteiger partial charge in [-0.2, -0.15) is 0 Å². The van der Waals surface area contributed by atoms with Crippen molar-refractivity contribution in [2.24, 2.45) is 0 Å². The first kappa shape index (κ1) is 20.3. The lowest BCUT2D eigenvalue weighted by molar-refractivity contribution is -0.111. The van der Waals surface area contributed by atoms with Gasteiger partial charge in [-0.3, -0.25) is 0 Å². The average Bonchev–Trinajstić information content (AvgIpc) is 2.66. The van der Waals surface area contributed by atoms with Gasteiger partial charge in [0, 0.05) is 9.79 Å². The summed E-state index contributed by atoms with van der Waals surface area (Å²) < 4.78 is -0.527. The molecular weight excluding hydrogens is 360 g/mol. The maximum Gasteiger partial charge on any atom is 0.111 e. The van der Waals surface area contributed by atoms with Crippen LogP contribution in [0.15, 0.2) is 70.5 Å². The normalized spacial score (nSPS) is 16.4. The van der Waals surface area contributed by atoms with Crippen molar-refractivity contribution in [3.05, 3.63) is 60.7 Å². The van der Waals surface area contributed by atoms with Crippen LogP contribution in [0.5, 0.6) is 0 Å². The van der Waals surface area contributed by atoms with Crippen LogP contribution in [0.4, 0.5) is 0 Å². The molecule has 0 saturated heterocycles. The standard InChI is InChI=1S/C18H22O5S2/c19-11-14(20)15(21)16(22)17(23)18(24-12-7-3-1-4-8-12)25-13-9-5-2-6-10-13/h1-10,14-23H,11H2/t14-,15-,16-,17-/m0/s1. The molecule has 0 aliphatic rings. The zero-order valence-corrected chi connectivity index (χ0v) is 15.1. The van der Waals surface area contributed by atoms with Crippen molar-refractivity contribution in [2.45, 2.75) is 38.8 Å². The number of hydrogen-bond donors (Lipinski definition) is 5. The van der Waals surface area contributed by atoms with Gasteiger partial charge in [-0.15, -0.1) is 23.5 Å². The Hall–Kier alpha value is -1.06. The zero-order valence-electron chi connectivity index (χ0n) is 13.4. The predicted octanol–water partition coefficient (Wildman–Crippen LogP) is 1.33. The highest BCUT2D eigenvalue weighted by atomic mass is 32.2. The summed E-state index contributed by atoms with van der Waals surface area (Å²) in [6.45, 7) is -0.701. The minimum atomic E-state index is -1.64. The first-order valence-electron chi connectivity index (χ1n) is 7.79. The van der Waals surface area contributed by atoms with Crippen LogP contribution in [0, 0.1) is 0 Å². The summed E-state index contributed by atoms with van der Waals surface area (Å²) in [6, 6.07) is 18.8. The van der Waals surface area contributed by atoms with E-state index in [-0.39, 0.29) is 0 Å². The molecule has 0 radical (unpaired) electrons. The molecule has 4 atom stereocenters. The van der Waals surface area contributed by atoms with E-state index in [1.165, 1.54) is 23.5 Å². The SMILES string of the molecule is OC[C@H](O)[C@H](O)[C@H](O)[C@H](O)C(Sc1ccccc1)Sc1ccccc1. The third-order valence-electron chi connectivity index (χ3n) is 3.55. The van der Waals surface area contributed by atoms with Crippen LogP contribution in [-0.2, 0) is 0 Å². The highest BCUT2D eigenvalue weighted by Gasteiger charge is 2.35. The van der Waals surface area contributed by atoms with Crippen molar-refractivity contribution in [2.75, 3.05) is 6.61 Å². The van der Waals surface area contributed by atoms with Gasteiger partial charge in [-0.1, -0.05) is 36.4 Å². The smallest absolute Gasteiger partial charge is 0.111 e. The number of benzene rings is 2. The van der Waals surface area contributed by atoms with E-state index in [0.29, 0.717) is 0 Å². The van der Waals surface area contributed by atoms with Crippen molar-refractivity contribution in [3.63, 3.8) is 0 Å². The minimum absolute atomic E-state index is 0.527. The highest BCUT2D eigenvalue weighted by Crippen LogP contribution is 2.38. The summed E-state index contributed by atoms with van der Waals surface area (Å²) in [7, 11) is 0. The summed E-state index contributed by atoms with van der Waals surface area (Å²) in [5.41, 5.74) is 0. The topological polar surface area (TPSA) is 101 Å². The quantitative estimate of drug-likeness (QED) is 0.329. The van der Waals surface area contributed by atoms with Crippen LogP contribution in [-0.4, -0.2) is 61.1 Å². The molecule has 0 bridgehead atoms. The molecule has 0 spiro atoms. The van der Waals surface area contributed by atoms with Gasteiger partial charge in [0.25, 0.3) is 0 Å². The maximum absolute atomic E-state index is 10.6. The van der Waals surface area contributed by atoms with E-state index in [0.717, 1.165) is 9.79 Å². The minimum Gasteiger partial charge on any atom is -0.394 e. The van der Waals surface area contributed by atoms with Gasteiger partial charge < -0.3 is 25.5 Å². The van der Waals surface area contributed by atoms with Gasteiger partial charge in [0.15, 0.2) is 0 Å². The Labute approximate surface area is 155 Å². The van der Waals surface area contributed by atoms with Crippen molar-refractivity contribution in [3.8, 4) is 0 Å². The van der Waals surface area contributed by atoms with Gasteiger partial charge in [-0.05, 0) is 24.3 Å². The van der Waals surface area contributed by atoms with Gasteiger partial charge >= 0.3 is 0 Å². The summed E-state index contributed by atoms with van der Waals surface area (Å²) >= 11 is 2.71. The molecule has 5 nitrogen and oxygen atoms in total. The molecule has 0 aliphatic heterocycles. The van der Waals surface area contributed by atoms with E-state index in [1.54, 1.807) is 0 Å². The molecule has 25 heavy (non-hydrogen) atoms. The maximum atomic E-state index is 10.6. The Morgan fingerprint density at radius 3 is 1.48 bits per heavy atom. The molecule has 0 fully saturated rings. The molecule has 2 rings (SSSR count). The Bertz CT molecular complexity index is 572. The Kier molecular flexibility index (Phi) is 8.25. The number of aliphatic hydroxyl groups is 5. The fraction of sp³-hybridized carbons (Fsp3) is 0.333. The lowest BCUT2D eigenvalue weighted by Gasteiger charge is -2.30. The zero-order chi connectivity index (χ0) is 18.2. The van der Waals surface area contributed by atoms with E-state index < -0.39 is 35.6 Å². The molecular formula is C18H22O5S2. The number of hydrogen-bond acceptors (Lipinski definition) is 7. The molecule has 0 aliphatic carbocycles. The van der Waals surface area contributed by atoms with Crippen LogP contribution in [0.25, 0.3) is 0 Å². The van der Waals surface area contributed by atoms with Crippen molar-refractivity contribution in [1.29, 1.82) is 0 Å². The molecule has 136 valence electrons. The number of thioether (sulfide) groups is 2. The second-order valence-corrected chi connectivity index (χ2v) is 8.18. The molecule has 2 aromatic rings. The number of aliphatic hydroxyl groups excluding tert-OH is 5. The Balaban J connectivity index is 2.17. The van der Waals surface area contributed by atoms with E-state index in [2.05, 4.69) is 0 Å². The average molecular weight is 383 g/mol. The molecule has 2 aromatic carbocycles. The van der Waals surface area contributed by atoms with Crippen LogP contribution in [0.2, 0.25) is 0 Å². The first-order chi connectivity index (χ1) is 12.0. The van der Waals surface area contributed by atoms with Gasteiger partial charge in [0.2, 0.25) is 0 Å². The summed E-state index contributed by atoms with van der Waals surface area (Å²) in [5, 5.41) is 49.1. The highest BCUT2D eigenvalue weighted by molar-refractivity contribution is 8.17. The predicted molar refractivity (Wildman–Crippen MR) is 99.5 cm³/mol.